The Morgan fingerprint density at radius 1 is 1.44 bits per heavy atom. The second kappa shape index (κ2) is 5.35. The summed E-state index contributed by atoms with van der Waals surface area (Å²) in [6.45, 7) is 8.69. The molecule has 0 aliphatic heterocycles. The highest BCUT2D eigenvalue weighted by atomic mass is 16.4. The molecule has 0 aromatic heterocycles. The Morgan fingerprint density at radius 3 is 2.56 bits per heavy atom. The lowest BCUT2D eigenvalue weighted by Gasteiger charge is -2.24. The Kier molecular flexibility index (Phi) is 4.11. The topological polar surface area (TPSA) is 40.5 Å². The molecule has 3 nitrogen and oxygen atoms in total. The van der Waals surface area contributed by atoms with E-state index in [2.05, 4.69) is 6.58 Å². The first-order valence-electron chi connectivity index (χ1n) is 5.28. The number of anilines is 1. The molecule has 0 radical (unpaired) electrons. The van der Waals surface area contributed by atoms with Gasteiger partial charge in [-0.05, 0) is 25.5 Å². The van der Waals surface area contributed by atoms with Gasteiger partial charge in [0, 0.05) is 24.4 Å². The maximum Gasteiger partial charge on any atom is 0.332 e. The van der Waals surface area contributed by atoms with E-state index in [1.165, 1.54) is 0 Å². The smallest absolute Gasteiger partial charge is 0.332 e. The quantitative estimate of drug-likeness (QED) is 0.773. The van der Waals surface area contributed by atoms with Gasteiger partial charge in [-0.1, -0.05) is 24.8 Å². The van der Waals surface area contributed by atoms with Crippen molar-refractivity contribution in [3.8, 4) is 0 Å². The van der Waals surface area contributed by atoms with Crippen LogP contribution in [-0.4, -0.2) is 24.2 Å². The van der Waals surface area contributed by atoms with Crippen LogP contribution in [0.4, 0.5) is 5.69 Å². The molecule has 16 heavy (non-hydrogen) atoms. The first kappa shape index (κ1) is 12.3. The molecule has 1 aromatic rings. The Bertz CT molecular complexity index is 399. The van der Waals surface area contributed by atoms with Crippen LogP contribution in [0.3, 0.4) is 0 Å². The second-order valence-electron chi connectivity index (χ2n) is 3.71. The molecule has 3 heteroatoms. The van der Waals surface area contributed by atoms with Crippen molar-refractivity contribution in [1.82, 2.24) is 0 Å². The zero-order chi connectivity index (χ0) is 12.1. The largest absolute Gasteiger partial charge is 0.478 e. The van der Waals surface area contributed by atoms with Crippen molar-refractivity contribution >= 4 is 11.7 Å². The molecule has 0 saturated carbocycles. The van der Waals surface area contributed by atoms with Gasteiger partial charge in [0.25, 0.3) is 0 Å². The summed E-state index contributed by atoms with van der Waals surface area (Å²) in [5.74, 6) is -0.938. The normalized spacial score (nSPS) is 9.88. The first-order valence-corrected chi connectivity index (χ1v) is 5.28. The zero-order valence-corrected chi connectivity index (χ0v) is 9.73. The van der Waals surface area contributed by atoms with E-state index in [1.807, 2.05) is 43.0 Å². The first-order chi connectivity index (χ1) is 7.56. The molecule has 1 N–H and O–H groups in total. The third-order valence-electron chi connectivity index (χ3n) is 2.52. The third kappa shape index (κ3) is 2.86. The summed E-state index contributed by atoms with van der Waals surface area (Å²) in [7, 11) is 0. The summed E-state index contributed by atoms with van der Waals surface area (Å²) >= 11 is 0. The minimum absolute atomic E-state index is 0.213. The van der Waals surface area contributed by atoms with Gasteiger partial charge in [-0.3, -0.25) is 0 Å². The number of aliphatic carboxylic acids is 1. The van der Waals surface area contributed by atoms with Gasteiger partial charge in [-0.15, -0.1) is 0 Å². The minimum Gasteiger partial charge on any atom is -0.478 e. The number of carboxylic acids is 1. The van der Waals surface area contributed by atoms with E-state index in [4.69, 9.17) is 5.11 Å². The Morgan fingerprint density at radius 2 is 2.06 bits per heavy atom. The van der Waals surface area contributed by atoms with Gasteiger partial charge in [0.05, 0.1) is 0 Å². The maximum absolute atomic E-state index is 10.7. The lowest BCUT2D eigenvalue weighted by atomic mass is 10.1. The lowest BCUT2D eigenvalue weighted by Crippen LogP contribution is -2.27. The molecular weight excluding hydrogens is 202 g/mol. The van der Waals surface area contributed by atoms with Gasteiger partial charge < -0.3 is 10.0 Å². The van der Waals surface area contributed by atoms with Crippen LogP contribution in [-0.2, 0) is 4.79 Å². The van der Waals surface area contributed by atoms with E-state index in [1.54, 1.807) is 0 Å². The molecule has 86 valence electrons. The number of hydrogen-bond donors (Lipinski definition) is 1. The summed E-state index contributed by atoms with van der Waals surface area (Å²) in [5, 5.41) is 8.82. The minimum atomic E-state index is -0.938. The summed E-state index contributed by atoms with van der Waals surface area (Å²) in [6, 6.07) is 7.93. The molecule has 0 aliphatic carbocycles. The molecule has 0 heterocycles. The number of aryl methyl sites for hydroxylation is 1. The Hall–Kier alpha value is -1.77. The molecule has 0 saturated heterocycles. The van der Waals surface area contributed by atoms with Crippen molar-refractivity contribution in [2.45, 2.75) is 13.8 Å². The van der Waals surface area contributed by atoms with Crippen molar-refractivity contribution in [3.63, 3.8) is 0 Å². The molecule has 1 aromatic carbocycles. The highest BCUT2D eigenvalue weighted by Crippen LogP contribution is 2.19. The average molecular weight is 219 g/mol. The van der Waals surface area contributed by atoms with E-state index >= 15 is 0 Å². The monoisotopic (exact) mass is 219 g/mol. The van der Waals surface area contributed by atoms with Gasteiger partial charge in [0.1, 0.15) is 0 Å². The predicted molar refractivity (Wildman–Crippen MR) is 65.8 cm³/mol. The van der Waals surface area contributed by atoms with Crippen LogP contribution in [0.5, 0.6) is 0 Å². The van der Waals surface area contributed by atoms with Crippen LogP contribution in [0.1, 0.15) is 12.5 Å². The van der Waals surface area contributed by atoms with Gasteiger partial charge in [0.15, 0.2) is 0 Å². The molecule has 0 aliphatic rings. The fourth-order valence-electron chi connectivity index (χ4n) is 1.58. The number of para-hydroxylation sites is 1. The number of nitrogens with zero attached hydrogens (tertiary/aromatic N) is 1. The van der Waals surface area contributed by atoms with Crippen molar-refractivity contribution < 1.29 is 9.90 Å². The molecule has 0 fully saturated rings. The van der Waals surface area contributed by atoms with Crippen molar-refractivity contribution in [3.05, 3.63) is 42.0 Å². The van der Waals surface area contributed by atoms with Crippen LogP contribution in [0.25, 0.3) is 0 Å². The average Bonchev–Trinajstić information content (AvgIpc) is 2.26. The zero-order valence-electron chi connectivity index (χ0n) is 9.73. The predicted octanol–water partition coefficient (Wildman–Crippen LogP) is 2.46. The van der Waals surface area contributed by atoms with Gasteiger partial charge in [-0.25, -0.2) is 4.79 Å². The van der Waals surface area contributed by atoms with E-state index < -0.39 is 5.97 Å². The fourth-order valence-corrected chi connectivity index (χ4v) is 1.58. The van der Waals surface area contributed by atoms with E-state index in [-0.39, 0.29) is 5.57 Å². The lowest BCUT2D eigenvalue weighted by molar-refractivity contribution is -0.132. The van der Waals surface area contributed by atoms with Crippen LogP contribution >= 0.6 is 0 Å². The van der Waals surface area contributed by atoms with Gasteiger partial charge >= 0.3 is 5.97 Å². The van der Waals surface area contributed by atoms with E-state index in [9.17, 15) is 4.79 Å². The molecule has 0 atom stereocenters. The Labute approximate surface area is 96.0 Å². The number of carboxylic acid groups (broad SMARTS) is 1. The van der Waals surface area contributed by atoms with Crippen molar-refractivity contribution in [2.24, 2.45) is 0 Å². The highest BCUT2D eigenvalue weighted by Gasteiger charge is 2.11. The maximum atomic E-state index is 10.7. The number of carbonyl (C=O) groups is 1. The summed E-state index contributed by atoms with van der Waals surface area (Å²) < 4.78 is 0. The number of likely N-dealkylation sites (N-methyl/N-ethyl adjacent to an activating group) is 1. The summed E-state index contributed by atoms with van der Waals surface area (Å²) in [4.78, 5) is 12.7. The number of rotatable bonds is 5. The third-order valence-corrected chi connectivity index (χ3v) is 2.52. The standard InChI is InChI=1S/C13H17NO2/c1-4-14(9-11(3)13(15)16)12-8-6-5-7-10(12)2/h5-8H,3-4,9H2,1-2H3,(H,15,16). The molecule has 0 amide bonds. The molecule has 0 unspecified atom stereocenters. The Balaban J connectivity index is 2.87. The van der Waals surface area contributed by atoms with Crippen LogP contribution in [0, 0.1) is 6.92 Å². The van der Waals surface area contributed by atoms with Crippen LogP contribution in [0.2, 0.25) is 0 Å². The number of benzene rings is 1. The van der Waals surface area contributed by atoms with E-state index in [0.29, 0.717) is 6.54 Å². The molecule has 1 rings (SSSR count). The fraction of sp³-hybridized carbons (Fsp3) is 0.308. The second-order valence-corrected chi connectivity index (χ2v) is 3.71. The van der Waals surface area contributed by atoms with Crippen LogP contribution in [0.15, 0.2) is 36.4 Å². The van der Waals surface area contributed by atoms with Gasteiger partial charge in [-0.2, -0.15) is 0 Å². The molecular formula is C13H17NO2. The highest BCUT2D eigenvalue weighted by molar-refractivity contribution is 5.87. The SMILES string of the molecule is C=C(CN(CC)c1ccccc1C)C(=O)O. The molecule has 0 spiro atoms. The molecule has 0 bridgehead atoms. The van der Waals surface area contributed by atoms with Crippen molar-refractivity contribution in [2.75, 3.05) is 18.0 Å². The summed E-state index contributed by atoms with van der Waals surface area (Å²) in [5.41, 5.74) is 2.42. The van der Waals surface area contributed by atoms with Crippen LogP contribution < -0.4 is 4.90 Å². The summed E-state index contributed by atoms with van der Waals surface area (Å²) in [6.07, 6.45) is 0. The van der Waals surface area contributed by atoms with Crippen molar-refractivity contribution in [1.29, 1.82) is 0 Å². The number of hydrogen-bond acceptors (Lipinski definition) is 2. The van der Waals surface area contributed by atoms with Gasteiger partial charge in [0.2, 0.25) is 0 Å². The van der Waals surface area contributed by atoms with E-state index in [0.717, 1.165) is 17.8 Å².